The molecule has 0 amide bonds. The molecule has 0 bridgehead atoms. The van der Waals surface area contributed by atoms with Gasteiger partial charge < -0.3 is 9.80 Å². The number of likely N-dealkylation sites (N-methyl/N-ethyl adjacent to an activating group) is 1. The van der Waals surface area contributed by atoms with Gasteiger partial charge in [-0.2, -0.15) is 0 Å². The molecule has 2 nitrogen and oxygen atoms in total. The van der Waals surface area contributed by atoms with Gasteiger partial charge in [-0.1, -0.05) is 6.08 Å². The third kappa shape index (κ3) is 2.06. The fourth-order valence-electron chi connectivity index (χ4n) is 1.71. The fraction of sp³-hybridized carbons (Fsp3) is 0.545. The van der Waals surface area contributed by atoms with Crippen molar-refractivity contribution in [2.45, 2.75) is 13.3 Å². The van der Waals surface area contributed by atoms with E-state index in [-0.39, 0.29) is 0 Å². The van der Waals surface area contributed by atoms with E-state index in [1.54, 1.807) is 0 Å². The molecule has 1 rings (SSSR count). The Kier molecular flexibility index (Phi) is 3.02. The first-order valence-electron chi connectivity index (χ1n) is 4.62. The Morgan fingerprint density at radius 1 is 1.08 bits per heavy atom. The minimum atomic E-state index is 1.05. The van der Waals surface area contributed by atoms with Gasteiger partial charge in [0.05, 0.1) is 0 Å². The molecule has 73 valence electrons. The second-order valence-electron chi connectivity index (χ2n) is 3.85. The van der Waals surface area contributed by atoms with Gasteiger partial charge in [0, 0.05) is 39.6 Å². The smallest absolute Gasteiger partial charge is 0.0370 e. The van der Waals surface area contributed by atoms with Gasteiger partial charge >= 0.3 is 0 Å². The fourth-order valence-corrected chi connectivity index (χ4v) is 1.71. The zero-order valence-corrected chi connectivity index (χ0v) is 9.26. The minimum Gasteiger partial charge on any atom is -0.381 e. The molecule has 0 atom stereocenters. The van der Waals surface area contributed by atoms with Crippen LogP contribution in [-0.2, 0) is 0 Å². The normalized spacial score (nSPS) is 17.2. The lowest BCUT2D eigenvalue weighted by Gasteiger charge is -2.28. The first-order valence-corrected chi connectivity index (χ1v) is 4.62. The minimum absolute atomic E-state index is 1.05. The number of rotatable bonds is 2. The van der Waals surface area contributed by atoms with Crippen molar-refractivity contribution in [2.75, 3.05) is 28.2 Å². The van der Waals surface area contributed by atoms with Crippen molar-refractivity contribution in [2.24, 2.45) is 0 Å². The number of hydrogen-bond donors (Lipinski definition) is 0. The molecule has 0 aromatic heterocycles. The van der Waals surface area contributed by atoms with Crippen molar-refractivity contribution < 1.29 is 0 Å². The summed E-state index contributed by atoms with van der Waals surface area (Å²) in [7, 11) is 8.38. The summed E-state index contributed by atoms with van der Waals surface area (Å²) in [6.45, 7) is 2.19. The third-order valence-electron chi connectivity index (χ3n) is 2.43. The molecular formula is C11H19N2. The van der Waals surface area contributed by atoms with Crippen LogP contribution in [0.25, 0.3) is 0 Å². The van der Waals surface area contributed by atoms with E-state index in [0.29, 0.717) is 0 Å². The van der Waals surface area contributed by atoms with E-state index in [0.717, 1.165) is 6.42 Å². The van der Waals surface area contributed by atoms with Crippen LogP contribution >= 0.6 is 0 Å². The van der Waals surface area contributed by atoms with Crippen molar-refractivity contribution in [3.63, 3.8) is 0 Å². The van der Waals surface area contributed by atoms with E-state index in [1.807, 2.05) is 0 Å². The maximum atomic E-state index is 2.22. The van der Waals surface area contributed by atoms with E-state index in [4.69, 9.17) is 0 Å². The summed E-state index contributed by atoms with van der Waals surface area (Å²) in [5.41, 5.74) is 4.11. The average molecular weight is 179 g/mol. The summed E-state index contributed by atoms with van der Waals surface area (Å²) in [5.74, 6) is 0. The molecule has 13 heavy (non-hydrogen) atoms. The summed E-state index contributed by atoms with van der Waals surface area (Å²) >= 11 is 0. The average Bonchev–Trinajstić information content (AvgIpc) is 2.03. The molecule has 0 spiro atoms. The monoisotopic (exact) mass is 179 g/mol. The van der Waals surface area contributed by atoms with E-state index >= 15 is 0 Å². The van der Waals surface area contributed by atoms with Crippen molar-refractivity contribution >= 4 is 0 Å². The molecule has 0 saturated carbocycles. The molecule has 1 radical (unpaired) electrons. The lowest BCUT2D eigenvalue weighted by molar-refractivity contribution is 0.466. The molecule has 2 heteroatoms. The Bertz CT molecular complexity index is 247. The first kappa shape index (κ1) is 10.2. The van der Waals surface area contributed by atoms with Gasteiger partial charge in [-0.3, -0.25) is 0 Å². The molecular weight excluding hydrogens is 160 g/mol. The van der Waals surface area contributed by atoms with Crippen LogP contribution in [0.15, 0.2) is 23.0 Å². The van der Waals surface area contributed by atoms with Crippen molar-refractivity contribution in [3.8, 4) is 0 Å². The van der Waals surface area contributed by atoms with E-state index in [1.165, 1.54) is 17.0 Å². The van der Waals surface area contributed by atoms with Crippen LogP contribution in [0.3, 0.4) is 0 Å². The van der Waals surface area contributed by atoms with E-state index < -0.39 is 0 Å². The van der Waals surface area contributed by atoms with Crippen LogP contribution in [0.5, 0.6) is 0 Å². The van der Waals surface area contributed by atoms with E-state index in [9.17, 15) is 0 Å². The Balaban J connectivity index is 2.96. The van der Waals surface area contributed by atoms with Crippen molar-refractivity contribution in [1.29, 1.82) is 0 Å². The molecule has 0 heterocycles. The van der Waals surface area contributed by atoms with Gasteiger partial charge in [-0.05, 0) is 25.3 Å². The predicted octanol–water partition coefficient (Wildman–Crippen LogP) is 1.88. The molecule has 0 N–H and O–H groups in total. The summed E-state index contributed by atoms with van der Waals surface area (Å²) in [5, 5.41) is 0. The van der Waals surface area contributed by atoms with Crippen LogP contribution in [0, 0.1) is 6.42 Å². The Morgan fingerprint density at radius 3 is 2.15 bits per heavy atom. The first-order chi connectivity index (χ1) is 6.04. The molecule has 0 aromatic rings. The Hall–Kier alpha value is -0.920. The highest BCUT2D eigenvalue weighted by molar-refractivity contribution is 5.38. The topological polar surface area (TPSA) is 6.48 Å². The molecule has 0 saturated heterocycles. The van der Waals surface area contributed by atoms with Gasteiger partial charge in [0.2, 0.25) is 0 Å². The lowest BCUT2D eigenvalue weighted by Crippen LogP contribution is -2.21. The zero-order valence-electron chi connectivity index (χ0n) is 9.26. The summed E-state index contributed by atoms with van der Waals surface area (Å²) < 4.78 is 0. The molecule has 1 aliphatic rings. The maximum absolute atomic E-state index is 2.22. The third-order valence-corrected chi connectivity index (χ3v) is 2.43. The van der Waals surface area contributed by atoms with Crippen LogP contribution < -0.4 is 0 Å². The van der Waals surface area contributed by atoms with Crippen LogP contribution in [0.2, 0.25) is 0 Å². The van der Waals surface area contributed by atoms with E-state index in [2.05, 4.69) is 57.4 Å². The summed E-state index contributed by atoms with van der Waals surface area (Å²) in [6.07, 6.45) is 5.47. The maximum Gasteiger partial charge on any atom is 0.0370 e. The number of nitrogens with zero attached hydrogens (tertiary/aromatic N) is 2. The van der Waals surface area contributed by atoms with Crippen LogP contribution in [-0.4, -0.2) is 38.0 Å². The van der Waals surface area contributed by atoms with Crippen molar-refractivity contribution in [1.82, 2.24) is 9.80 Å². The van der Waals surface area contributed by atoms with Crippen LogP contribution in [0.4, 0.5) is 0 Å². The second kappa shape index (κ2) is 3.86. The van der Waals surface area contributed by atoms with Crippen molar-refractivity contribution in [3.05, 3.63) is 29.5 Å². The van der Waals surface area contributed by atoms with Gasteiger partial charge in [0.15, 0.2) is 0 Å². The molecule has 0 unspecified atom stereocenters. The van der Waals surface area contributed by atoms with Gasteiger partial charge in [0.1, 0.15) is 0 Å². The SMILES string of the molecule is CC1=C(N(C)C)C[CH]C=C1N(C)C. The lowest BCUT2D eigenvalue weighted by atomic mass is 10.00. The Labute approximate surface area is 81.5 Å². The Morgan fingerprint density at radius 2 is 1.69 bits per heavy atom. The highest BCUT2D eigenvalue weighted by Gasteiger charge is 2.14. The number of allylic oxidation sites excluding steroid dienone is 3. The highest BCUT2D eigenvalue weighted by Crippen LogP contribution is 2.26. The molecule has 1 aliphatic carbocycles. The zero-order chi connectivity index (χ0) is 10.0. The largest absolute Gasteiger partial charge is 0.381 e. The van der Waals surface area contributed by atoms with Gasteiger partial charge in [0.25, 0.3) is 0 Å². The van der Waals surface area contributed by atoms with Crippen LogP contribution in [0.1, 0.15) is 13.3 Å². The molecule has 0 fully saturated rings. The molecule has 0 aliphatic heterocycles. The number of hydrogen-bond acceptors (Lipinski definition) is 2. The summed E-state index contributed by atoms with van der Waals surface area (Å²) in [4.78, 5) is 4.36. The predicted molar refractivity (Wildman–Crippen MR) is 57.1 cm³/mol. The van der Waals surface area contributed by atoms with Gasteiger partial charge in [-0.15, -0.1) is 0 Å². The molecule has 0 aromatic carbocycles. The quantitative estimate of drug-likeness (QED) is 0.638. The summed E-state index contributed by atoms with van der Waals surface area (Å²) in [6, 6.07) is 0. The van der Waals surface area contributed by atoms with Gasteiger partial charge in [-0.25, -0.2) is 0 Å². The highest BCUT2D eigenvalue weighted by atomic mass is 15.1. The second-order valence-corrected chi connectivity index (χ2v) is 3.85. The standard InChI is InChI=1S/C11H19N2/c1-9-10(12(2)3)7-6-8-11(9)13(4)5/h6-7H,8H2,1-5H3.